The molecule has 4 nitrogen and oxygen atoms in total. The Morgan fingerprint density at radius 1 is 1.56 bits per heavy atom. The number of nitrogens with zero attached hydrogens (tertiary/aromatic N) is 1. The van der Waals surface area contributed by atoms with Gasteiger partial charge in [0.25, 0.3) is 0 Å². The van der Waals surface area contributed by atoms with Crippen molar-refractivity contribution in [3.05, 3.63) is 0 Å². The second-order valence-corrected chi connectivity index (χ2v) is 4.44. The van der Waals surface area contributed by atoms with Gasteiger partial charge in [0.2, 0.25) is 0 Å². The lowest BCUT2D eigenvalue weighted by atomic mass is 9.97. The first kappa shape index (κ1) is 13.7. The molecule has 0 spiro atoms. The second-order valence-electron chi connectivity index (χ2n) is 4.14. The summed E-state index contributed by atoms with van der Waals surface area (Å²) in [5, 5.41) is 9.40. The number of rotatable bonds is 5. The Morgan fingerprint density at radius 3 is 2.69 bits per heavy atom. The van der Waals surface area contributed by atoms with Gasteiger partial charge in [-0.05, 0) is 32.9 Å². The predicted octanol–water partition coefficient (Wildman–Crippen LogP) is 0.861. The van der Waals surface area contributed by atoms with Crippen molar-refractivity contribution in [2.75, 3.05) is 32.1 Å². The molecule has 1 saturated heterocycles. The molecule has 0 amide bonds. The van der Waals surface area contributed by atoms with E-state index in [2.05, 4.69) is 4.90 Å². The van der Waals surface area contributed by atoms with E-state index in [1.165, 1.54) is 0 Å². The lowest BCUT2D eigenvalue weighted by molar-refractivity contribution is -0.149. The number of carbonyl (C=O) groups excluding carboxylic acids is 1. The van der Waals surface area contributed by atoms with E-state index >= 15 is 0 Å². The standard InChI is InChI=1S/C11H20ClNO3/c1-2-16-11(15)9-3-5-13(6-4-9)8-10(14)7-12/h9-10,14H,2-8H2,1H3. The zero-order valence-electron chi connectivity index (χ0n) is 9.69. The van der Waals surface area contributed by atoms with Gasteiger partial charge in [0, 0.05) is 12.4 Å². The molecule has 16 heavy (non-hydrogen) atoms. The van der Waals surface area contributed by atoms with Crippen LogP contribution in [0.1, 0.15) is 19.8 Å². The summed E-state index contributed by atoms with van der Waals surface area (Å²) < 4.78 is 4.99. The second kappa shape index (κ2) is 7.09. The zero-order valence-corrected chi connectivity index (χ0v) is 10.4. The van der Waals surface area contributed by atoms with Gasteiger partial charge in [0.15, 0.2) is 0 Å². The highest BCUT2D eigenvalue weighted by Crippen LogP contribution is 2.18. The van der Waals surface area contributed by atoms with E-state index in [0.717, 1.165) is 25.9 Å². The van der Waals surface area contributed by atoms with Crippen LogP contribution in [0.3, 0.4) is 0 Å². The fourth-order valence-corrected chi connectivity index (χ4v) is 2.06. The summed E-state index contributed by atoms with van der Waals surface area (Å²) in [5.41, 5.74) is 0. The first-order chi connectivity index (χ1) is 7.67. The van der Waals surface area contributed by atoms with Crippen LogP contribution in [-0.4, -0.2) is 54.2 Å². The molecular weight excluding hydrogens is 230 g/mol. The predicted molar refractivity (Wildman–Crippen MR) is 62.5 cm³/mol. The number of alkyl halides is 1. The number of aliphatic hydroxyl groups is 1. The topological polar surface area (TPSA) is 49.8 Å². The van der Waals surface area contributed by atoms with Crippen LogP contribution >= 0.6 is 11.6 Å². The molecule has 1 atom stereocenters. The number of hydrogen-bond acceptors (Lipinski definition) is 4. The SMILES string of the molecule is CCOC(=O)C1CCN(CC(O)CCl)CC1. The number of aliphatic hydroxyl groups excluding tert-OH is 1. The summed E-state index contributed by atoms with van der Waals surface area (Å²) >= 11 is 5.54. The van der Waals surface area contributed by atoms with Gasteiger partial charge in [-0.25, -0.2) is 0 Å². The molecular formula is C11H20ClNO3. The van der Waals surface area contributed by atoms with Crippen LogP contribution in [0.4, 0.5) is 0 Å². The Balaban J connectivity index is 2.25. The van der Waals surface area contributed by atoms with E-state index < -0.39 is 6.10 Å². The maximum atomic E-state index is 11.5. The number of piperidine rings is 1. The maximum absolute atomic E-state index is 11.5. The number of hydrogen-bond donors (Lipinski definition) is 1. The number of β-amino-alcohol motifs (C(OH)–C–C–N with tert-alkyl or cyclic N) is 1. The molecule has 1 unspecified atom stereocenters. The van der Waals surface area contributed by atoms with Crippen LogP contribution in [0.25, 0.3) is 0 Å². The molecule has 94 valence electrons. The van der Waals surface area contributed by atoms with Gasteiger partial charge in [-0.15, -0.1) is 11.6 Å². The maximum Gasteiger partial charge on any atom is 0.309 e. The molecule has 0 aromatic rings. The molecule has 0 aromatic heterocycles. The minimum absolute atomic E-state index is 0.0318. The molecule has 1 aliphatic rings. The molecule has 0 aliphatic carbocycles. The number of ether oxygens (including phenoxy) is 1. The summed E-state index contributed by atoms with van der Waals surface area (Å²) in [6.45, 7) is 4.53. The molecule has 0 bridgehead atoms. The Morgan fingerprint density at radius 2 is 2.19 bits per heavy atom. The van der Waals surface area contributed by atoms with E-state index in [4.69, 9.17) is 16.3 Å². The van der Waals surface area contributed by atoms with Crippen LogP contribution in [-0.2, 0) is 9.53 Å². The van der Waals surface area contributed by atoms with Crippen LogP contribution in [0.15, 0.2) is 0 Å². The van der Waals surface area contributed by atoms with E-state index in [0.29, 0.717) is 13.2 Å². The highest BCUT2D eigenvalue weighted by Gasteiger charge is 2.26. The Hall–Kier alpha value is -0.320. The molecule has 0 saturated carbocycles. The van der Waals surface area contributed by atoms with Crippen LogP contribution in [0.2, 0.25) is 0 Å². The summed E-state index contributed by atoms with van der Waals surface area (Å²) in [6.07, 6.45) is 1.16. The van der Waals surface area contributed by atoms with Gasteiger partial charge in [-0.3, -0.25) is 4.79 Å². The fourth-order valence-electron chi connectivity index (χ4n) is 1.96. The quantitative estimate of drug-likeness (QED) is 0.580. The van der Waals surface area contributed by atoms with Crippen LogP contribution < -0.4 is 0 Å². The Kier molecular flexibility index (Phi) is 6.09. The molecule has 0 aromatic carbocycles. The van der Waals surface area contributed by atoms with Crippen molar-refractivity contribution in [3.63, 3.8) is 0 Å². The minimum Gasteiger partial charge on any atom is -0.466 e. The van der Waals surface area contributed by atoms with Gasteiger partial charge in [-0.1, -0.05) is 0 Å². The number of esters is 1. The molecule has 1 aliphatic heterocycles. The van der Waals surface area contributed by atoms with Gasteiger partial charge < -0.3 is 14.7 Å². The van der Waals surface area contributed by atoms with E-state index in [-0.39, 0.29) is 17.8 Å². The van der Waals surface area contributed by atoms with Crippen molar-refractivity contribution in [1.82, 2.24) is 4.90 Å². The molecule has 1 rings (SSSR count). The van der Waals surface area contributed by atoms with E-state index in [9.17, 15) is 9.90 Å². The molecule has 0 radical (unpaired) electrons. The Labute approximate surface area is 102 Å². The van der Waals surface area contributed by atoms with E-state index in [1.807, 2.05) is 6.92 Å². The first-order valence-corrected chi connectivity index (χ1v) is 6.33. The van der Waals surface area contributed by atoms with Gasteiger partial charge >= 0.3 is 5.97 Å². The van der Waals surface area contributed by atoms with Crippen molar-refractivity contribution in [2.45, 2.75) is 25.9 Å². The average molecular weight is 250 g/mol. The third kappa shape index (κ3) is 4.28. The third-order valence-electron chi connectivity index (χ3n) is 2.85. The molecule has 1 N–H and O–H groups in total. The lowest BCUT2D eigenvalue weighted by Crippen LogP contribution is -2.41. The summed E-state index contributed by atoms with van der Waals surface area (Å²) in [4.78, 5) is 13.6. The summed E-state index contributed by atoms with van der Waals surface area (Å²) in [6, 6.07) is 0. The normalized spacial score (nSPS) is 20.7. The Bertz CT molecular complexity index is 217. The van der Waals surface area contributed by atoms with Gasteiger partial charge in [0.1, 0.15) is 0 Å². The number of carbonyl (C=O) groups is 1. The third-order valence-corrected chi connectivity index (χ3v) is 3.21. The fraction of sp³-hybridized carbons (Fsp3) is 0.909. The molecule has 1 fully saturated rings. The monoisotopic (exact) mass is 249 g/mol. The summed E-state index contributed by atoms with van der Waals surface area (Å²) in [5.74, 6) is 0.210. The summed E-state index contributed by atoms with van der Waals surface area (Å²) in [7, 11) is 0. The minimum atomic E-state index is -0.471. The molecule has 1 heterocycles. The molecule has 5 heteroatoms. The van der Waals surface area contributed by atoms with Crippen molar-refractivity contribution < 1.29 is 14.6 Å². The zero-order chi connectivity index (χ0) is 12.0. The average Bonchev–Trinajstić information content (AvgIpc) is 2.30. The van der Waals surface area contributed by atoms with Gasteiger partial charge in [0.05, 0.1) is 18.6 Å². The highest BCUT2D eigenvalue weighted by atomic mass is 35.5. The highest BCUT2D eigenvalue weighted by molar-refractivity contribution is 6.18. The van der Waals surface area contributed by atoms with E-state index in [1.54, 1.807) is 0 Å². The first-order valence-electron chi connectivity index (χ1n) is 5.80. The van der Waals surface area contributed by atoms with Crippen LogP contribution in [0.5, 0.6) is 0 Å². The van der Waals surface area contributed by atoms with Crippen molar-refractivity contribution >= 4 is 17.6 Å². The van der Waals surface area contributed by atoms with Crippen molar-refractivity contribution in [3.8, 4) is 0 Å². The van der Waals surface area contributed by atoms with Gasteiger partial charge in [-0.2, -0.15) is 0 Å². The number of likely N-dealkylation sites (tertiary alicyclic amines) is 1. The van der Waals surface area contributed by atoms with Crippen molar-refractivity contribution in [2.24, 2.45) is 5.92 Å². The number of halogens is 1. The van der Waals surface area contributed by atoms with Crippen LogP contribution in [0, 0.1) is 5.92 Å². The lowest BCUT2D eigenvalue weighted by Gasteiger charge is -2.31. The van der Waals surface area contributed by atoms with Crippen molar-refractivity contribution in [1.29, 1.82) is 0 Å². The smallest absolute Gasteiger partial charge is 0.309 e. The largest absolute Gasteiger partial charge is 0.466 e.